The zero-order valence-electron chi connectivity index (χ0n) is 54.5. The van der Waals surface area contributed by atoms with Crippen molar-refractivity contribution in [3.63, 3.8) is 0 Å². The van der Waals surface area contributed by atoms with Gasteiger partial charge in [0.1, 0.15) is 54.4 Å². The van der Waals surface area contributed by atoms with Gasteiger partial charge in [-0.2, -0.15) is 11.8 Å². The first-order chi connectivity index (χ1) is 45.2. The lowest BCUT2D eigenvalue weighted by atomic mass is 10.0. The number of carbonyl (C=O) groups is 13. The van der Waals surface area contributed by atoms with Gasteiger partial charge in [0.05, 0.1) is 12.6 Å². The Bertz CT molecular complexity index is 2960. The minimum absolute atomic E-state index is 0.0736. The lowest BCUT2D eigenvalue weighted by Gasteiger charge is -2.32. The minimum atomic E-state index is -1.64. The van der Waals surface area contributed by atoms with E-state index in [0.717, 1.165) is 0 Å². The number of primary amides is 3. The predicted octanol–water partition coefficient (Wildman–Crippen LogP) is -3.71. The van der Waals surface area contributed by atoms with Crippen molar-refractivity contribution in [1.82, 2.24) is 52.3 Å². The van der Waals surface area contributed by atoms with Crippen molar-refractivity contribution >= 4 is 94.5 Å². The van der Waals surface area contributed by atoms with Crippen LogP contribution in [0.5, 0.6) is 0 Å². The van der Waals surface area contributed by atoms with Crippen LogP contribution in [-0.4, -0.2) is 198 Å². The molecule has 31 nitrogen and oxygen atoms in total. The van der Waals surface area contributed by atoms with Crippen LogP contribution in [0.15, 0.2) is 65.7 Å². The smallest absolute Gasteiger partial charge is 0.245 e. The number of thioether (sulfide) groups is 1. The topological polar surface area (TPSA) is 519 Å². The molecule has 13 amide bonds. The van der Waals surface area contributed by atoms with E-state index in [2.05, 4.69) is 47.5 Å². The molecule has 2 aliphatic rings. The number of guanidine groups is 1. The van der Waals surface area contributed by atoms with Gasteiger partial charge in [0.15, 0.2) is 5.96 Å². The van der Waals surface area contributed by atoms with Crippen LogP contribution in [0.1, 0.15) is 121 Å². The molecule has 2 aliphatic heterocycles. The summed E-state index contributed by atoms with van der Waals surface area (Å²) in [4.78, 5) is 185. The van der Waals surface area contributed by atoms with Crippen molar-refractivity contribution in [2.75, 3.05) is 44.7 Å². The van der Waals surface area contributed by atoms with Crippen LogP contribution in [-0.2, 0) is 75.2 Å². The molecule has 2 aromatic rings. The van der Waals surface area contributed by atoms with Gasteiger partial charge in [-0.25, -0.2) is 0 Å². The van der Waals surface area contributed by atoms with Crippen molar-refractivity contribution in [1.29, 1.82) is 0 Å². The summed E-state index contributed by atoms with van der Waals surface area (Å²) in [7, 11) is 0. The van der Waals surface area contributed by atoms with Crippen LogP contribution in [0, 0.1) is 5.92 Å². The molecule has 32 heteroatoms. The van der Waals surface area contributed by atoms with Crippen LogP contribution < -0.4 is 82.7 Å². The number of hydrogen-bond donors (Lipinski definition) is 15. The highest BCUT2D eigenvalue weighted by molar-refractivity contribution is 7.98. The van der Waals surface area contributed by atoms with E-state index in [9.17, 15) is 62.3 Å². The van der Waals surface area contributed by atoms with Crippen molar-refractivity contribution < 1.29 is 62.3 Å². The zero-order chi connectivity index (χ0) is 70.1. The van der Waals surface area contributed by atoms with Gasteiger partial charge < -0.3 is 92.5 Å². The number of nitrogens with two attached hydrogens (primary N) is 7. The summed E-state index contributed by atoms with van der Waals surface area (Å²) in [5.41, 5.74) is 40.6. The molecule has 4 rings (SSSR count). The summed E-state index contributed by atoms with van der Waals surface area (Å²) in [5.74, 6) is -9.80. The molecule has 22 N–H and O–H groups in total. The van der Waals surface area contributed by atoms with Crippen LogP contribution in [0.4, 0.5) is 0 Å². The minimum Gasteiger partial charge on any atom is -0.370 e. The van der Waals surface area contributed by atoms with Crippen LogP contribution in [0.2, 0.25) is 0 Å². The molecular formula is C63H98N18O13S. The van der Waals surface area contributed by atoms with Gasteiger partial charge >= 0.3 is 0 Å². The summed E-state index contributed by atoms with van der Waals surface area (Å²) >= 11 is 1.45. The first-order valence-corrected chi connectivity index (χ1v) is 33.6. The molecule has 2 saturated heterocycles. The highest BCUT2D eigenvalue weighted by atomic mass is 32.2. The van der Waals surface area contributed by atoms with Gasteiger partial charge in [-0.05, 0) is 119 Å². The first-order valence-electron chi connectivity index (χ1n) is 32.2. The highest BCUT2D eigenvalue weighted by Gasteiger charge is 2.42. The third-order valence-corrected chi connectivity index (χ3v) is 16.7. The summed E-state index contributed by atoms with van der Waals surface area (Å²) in [6.07, 6.45) is 3.12. The average Bonchev–Trinajstić information content (AvgIpc) is 1.74. The van der Waals surface area contributed by atoms with Crippen molar-refractivity contribution in [3.8, 4) is 0 Å². The van der Waals surface area contributed by atoms with E-state index in [4.69, 9.17) is 40.1 Å². The monoisotopic (exact) mass is 1350 g/mol. The van der Waals surface area contributed by atoms with Crippen molar-refractivity contribution in [3.05, 3.63) is 71.8 Å². The Balaban J connectivity index is 1.56. The summed E-state index contributed by atoms with van der Waals surface area (Å²) < 4.78 is 0. The lowest BCUT2D eigenvalue weighted by molar-refractivity contribution is -0.144. The fraction of sp³-hybridized carbons (Fsp3) is 0.587. The Morgan fingerprint density at radius 2 is 1.01 bits per heavy atom. The van der Waals surface area contributed by atoms with Crippen molar-refractivity contribution in [2.24, 2.45) is 51.0 Å². The van der Waals surface area contributed by atoms with Crippen LogP contribution in [0.3, 0.4) is 0 Å². The van der Waals surface area contributed by atoms with E-state index in [0.29, 0.717) is 55.4 Å². The summed E-state index contributed by atoms with van der Waals surface area (Å²) in [5, 5.41) is 21.1. The number of carbonyl (C=O) groups excluding carboxylic acids is 13. The van der Waals surface area contributed by atoms with E-state index in [-0.39, 0.29) is 83.0 Å². The quantitative estimate of drug-likeness (QED) is 0.0173. The molecule has 10 atom stereocenters. The fourth-order valence-electron chi connectivity index (χ4n) is 11.0. The number of nitrogens with zero attached hydrogens (tertiary/aromatic N) is 3. The van der Waals surface area contributed by atoms with Gasteiger partial charge in [-0.1, -0.05) is 74.5 Å². The Labute approximate surface area is 558 Å². The van der Waals surface area contributed by atoms with Gasteiger partial charge in [0, 0.05) is 45.3 Å². The van der Waals surface area contributed by atoms with E-state index < -0.39 is 169 Å². The first kappa shape index (κ1) is 78.5. The number of amides is 13. The van der Waals surface area contributed by atoms with Crippen LogP contribution >= 0.6 is 11.8 Å². The maximum absolute atomic E-state index is 14.7. The second-order valence-corrected chi connectivity index (χ2v) is 25.1. The second-order valence-electron chi connectivity index (χ2n) is 24.1. The molecule has 0 saturated carbocycles. The van der Waals surface area contributed by atoms with Gasteiger partial charge in [-0.15, -0.1) is 0 Å². The largest absolute Gasteiger partial charge is 0.370 e. The molecule has 0 spiro atoms. The number of likely N-dealkylation sites (tertiary alicyclic amines) is 2. The van der Waals surface area contributed by atoms with Gasteiger partial charge in [0.2, 0.25) is 76.8 Å². The number of benzene rings is 2. The second kappa shape index (κ2) is 41.0. The van der Waals surface area contributed by atoms with Crippen molar-refractivity contribution in [2.45, 2.75) is 183 Å². The number of hydrogen-bond acceptors (Lipinski definition) is 17. The van der Waals surface area contributed by atoms with E-state index in [1.54, 1.807) is 60.7 Å². The van der Waals surface area contributed by atoms with E-state index in [1.807, 2.05) is 20.1 Å². The molecule has 2 fully saturated rings. The molecule has 0 aromatic heterocycles. The molecule has 95 heavy (non-hydrogen) atoms. The summed E-state index contributed by atoms with van der Waals surface area (Å²) in [6.45, 7) is 3.86. The average molecular weight is 1350 g/mol. The molecule has 0 bridgehead atoms. The SMILES string of the molecule is CSCC[C@H](NC(=O)[C@H](CC(C)C)NC(=O)CNC(=O)[C@@H](Cc1ccccc1)NC(=O)[C@H](Cc1ccccc1)NC(=O)[C@H](CCC(N)=O)NC(=O)[C@H](CCC(N)=O)NC(=O)[C@H]1CCCN1C(=O)[C@H](CCCCN)NC(=O)[C@H]1CCCN1C(=O)[C@H](N)CCCN=C(N)N)C(N)=O. The maximum atomic E-state index is 14.7. The molecule has 524 valence electrons. The standard InChI is InChI=1S/C63H98N18O13S/c1-37(2)33-45(57(89)74-41(53(68)85)27-32-95-3)73-52(84)36-72-54(86)46(34-38-15-6-4-7-16-38)78-58(90)47(35-39-17-8-5-9-18-39)79-56(88)42(23-25-50(66)82)75-55(87)43(24-26-51(67)83)76-59(91)49-22-14-31-81(49)62(94)44(20-10-11-28-64)77-60(92)48-21-13-30-80(48)61(93)40(65)19-12-29-71-63(69)70/h4-9,15-18,37,40-49H,10-14,19-36,64-65H2,1-3H3,(H2,66,82)(H2,67,83)(H2,68,85)(H,72,86)(H,73,84)(H,74,89)(H,75,87)(H,76,91)(H,77,92)(H,78,90)(H,79,88)(H4,69,70,71)/t40-,41+,42+,43+,44+,45+,46-,47+,48-,49-/m1/s1. The number of rotatable bonds is 42. The number of unbranched alkanes of at least 4 members (excludes halogenated alkanes) is 1. The van der Waals surface area contributed by atoms with Gasteiger partial charge in [0.25, 0.3) is 0 Å². The fourth-order valence-corrected chi connectivity index (χ4v) is 11.5. The number of aliphatic imine (C=N–C) groups is 1. The molecule has 2 heterocycles. The zero-order valence-corrected chi connectivity index (χ0v) is 55.3. The Hall–Kier alpha value is -8.91. The third-order valence-electron chi connectivity index (χ3n) is 16.0. The summed E-state index contributed by atoms with van der Waals surface area (Å²) in [6, 6.07) is 4.51. The lowest BCUT2D eigenvalue weighted by Crippen LogP contribution is -2.60. The highest BCUT2D eigenvalue weighted by Crippen LogP contribution is 2.24. The van der Waals surface area contributed by atoms with Gasteiger partial charge in [-0.3, -0.25) is 67.3 Å². The molecule has 2 aromatic carbocycles. The molecule has 0 aliphatic carbocycles. The van der Waals surface area contributed by atoms with E-state index in [1.165, 1.54) is 21.6 Å². The number of nitrogens with one attached hydrogen (secondary N) is 8. The molecular weight excluding hydrogens is 1250 g/mol. The Morgan fingerprint density at radius 3 is 1.51 bits per heavy atom. The van der Waals surface area contributed by atoms with E-state index >= 15 is 0 Å². The Kier molecular flexibility index (Phi) is 33.9. The maximum Gasteiger partial charge on any atom is 0.245 e. The normalized spacial score (nSPS) is 16.8. The molecule has 0 radical (unpaired) electrons. The third kappa shape index (κ3) is 27.5. The molecule has 0 unspecified atom stereocenters. The Morgan fingerprint density at radius 1 is 0.537 bits per heavy atom. The predicted molar refractivity (Wildman–Crippen MR) is 356 cm³/mol. The van der Waals surface area contributed by atoms with Crippen LogP contribution in [0.25, 0.3) is 0 Å².